The number of benzene rings is 1. The first-order valence-electron chi connectivity index (χ1n) is 11.4. The molecule has 4 heterocycles. The van der Waals surface area contributed by atoms with Crippen molar-refractivity contribution in [3.63, 3.8) is 0 Å². The molecule has 40 heavy (non-hydrogen) atoms. The van der Waals surface area contributed by atoms with E-state index in [1.807, 2.05) is 0 Å². The minimum Gasteiger partial charge on any atom is -0.323 e. The van der Waals surface area contributed by atoms with E-state index in [-0.39, 0.29) is 34.3 Å². The molecule has 0 aliphatic heterocycles. The first-order chi connectivity index (χ1) is 19.2. The van der Waals surface area contributed by atoms with E-state index in [4.69, 9.17) is 23.2 Å². The fraction of sp³-hybridized carbons (Fsp3) is 0.217. The lowest BCUT2D eigenvalue weighted by atomic mass is 10.0. The van der Waals surface area contributed by atoms with Gasteiger partial charge < -0.3 is 4.74 Å². The summed E-state index contributed by atoms with van der Waals surface area (Å²) in [6, 6.07) is 5.30. The summed E-state index contributed by atoms with van der Waals surface area (Å²) >= 11 is 12.1. The van der Waals surface area contributed by atoms with Crippen molar-refractivity contribution in [2.24, 2.45) is 0 Å². The number of nitrogens with zero attached hydrogens (tertiary/aromatic N) is 9. The van der Waals surface area contributed by atoms with Crippen LogP contribution in [0.4, 0.5) is 22.0 Å². The van der Waals surface area contributed by atoms with Crippen molar-refractivity contribution in [1.82, 2.24) is 44.8 Å². The number of tetrazole rings is 1. The van der Waals surface area contributed by atoms with Crippen LogP contribution in [0.3, 0.4) is 0 Å². The maximum Gasteiger partial charge on any atom is 0.345 e. The van der Waals surface area contributed by atoms with Gasteiger partial charge in [0, 0.05) is 29.1 Å². The van der Waals surface area contributed by atoms with Gasteiger partial charge in [-0.2, -0.15) is 32.4 Å². The summed E-state index contributed by atoms with van der Waals surface area (Å²) in [7, 11) is 0. The Bertz CT molecular complexity index is 1590. The molecule has 10 nitrogen and oxygen atoms in total. The molecule has 4 aromatic heterocycles. The van der Waals surface area contributed by atoms with Crippen LogP contribution in [0.5, 0.6) is 0 Å². The van der Waals surface area contributed by atoms with Gasteiger partial charge in [0.25, 0.3) is 0 Å². The van der Waals surface area contributed by atoms with Crippen molar-refractivity contribution >= 4 is 23.2 Å². The van der Waals surface area contributed by atoms with E-state index in [9.17, 15) is 17.6 Å². The summed E-state index contributed by atoms with van der Waals surface area (Å²) in [5.41, 5.74) is 1.47. The van der Waals surface area contributed by atoms with Crippen molar-refractivity contribution in [1.29, 1.82) is 0 Å². The maximum absolute atomic E-state index is 15.1. The Morgan fingerprint density at radius 2 is 1.75 bits per heavy atom. The molecular weight excluding hydrogens is 584 g/mol. The summed E-state index contributed by atoms with van der Waals surface area (Å²) in [5, 5.41) is 18.8. The van der Waals surface area contributed by atoms with Gasteiger partial charge in [0.1, 0.15) is 12.0 Å². The summed E-state index contributed by atoms with van der Waals surface area (Å²) in [5.74, 6) is -0.720. The smallest absolute Gasteiger partial charge is 0.323 e. The lowest BCUT2D eigenvalue weighted by Gasteiger charge is -2.18. The topological polar surface area (TPSA) is 101 Å². The molecule has 0 aliphatic rings. The van der Waals surface area contributed by atoms with Crippen LogP contribution in [0.25, 0.3) is 28.1 Å². The highest BCUT2D eigenvalue weighted by atomic mass is 35.5. The SMILES string of the molecule is Fc1c(Cl)ccc(-n2cnnn2)c1-c1ccc(C(CCOC(F)F)n2cc(-c3nn(C(F)F)cc3Cl)cn2)nc1. The quantitative estimate of drug-likeness (QED) is 0.186. The number of pyridine rings is 1. The van der Waals surface area contributed by atoms with Gasteiger partial charge in [0.05, 0.1) is 46.5 Å². The standard InChI is InChI=1S/C23H16Cl2F5N9O/c24-14-2-4-18(39-11-32-35-36-39)19(20(14)26)12-1-3-16(31-7-12)17(5-6-40-23(29)30)37-9-13(8-33-37)21-15(25)10-38(34-21)22(27)28/h1-4,7-11,17,22-23H,5-6H2. The van der Waals surface area contributed by atoms with Gasteiger partial charge in [-0.15, -0.1) is 5.10 Å². The molecule has 5 aromatic rings. The normalized spacial score (nSPS) is 12.5. The Hall–Kier alpha value is -3.95. The Labute approximate surface area is 231 Å². The van der Waals surface area contributed by atoms with Crippen LogP contribution < -0.4 is 0 Å². The molecule has 5 rings (SSSR count). The first-order valence-corrected chi connectivity index (χ1v) is 12.1. The Morgan fingerprint density at radius 1 is 0.925 bits per heavy atom. The van der Waals surface area contributed by atoms with Crippen LogP contribution in [0.2, 0.25) is 10.0 Å². The third-order valence-corrected chi connectivity index (χ3v) is 6.37. The molecule has 1 aromatic carbocycles. The van der Waals surface area contributed by atoms with Gasteiger partial charge in [-0.05, 0) is 35.0 Å². The number of ether oxygens (including phenoxy) is 1. The second kappa shape index (κ2) is 11.7. The monoisotopic (exact) mass is 599 g/mol. The molecule has 0 aliphatic carbocycles. The summed E-state index contributed by atoms with van der Waals surface area (Å²) in [6.07, 6.45) is 6.48. The molecule has 0 fully saturated rings. The van der Waals surface area contributed by atoms with Crippen molar-refractivity contribution in [2.75, 3.05) is 6.61 Å². The molecule has 0 amide bonds. The predicted octanol–water partition coefficient (Wildman–Crippen LogP) is 5.84. The molecular formula is C23H16Cl2F5N9O. The van der Waals surface area contributed by atoms with Gasteiger partial charge >= 0.3 is 13.2 Å². The average Bonchev–Trinajstić information content (AvgIpc) is 3.70. The summed E-state index contributed by atoms with van der Waals surface area (Å²) < 4.78 is 74.1. The number of alkyl halides is 4. The number of halogens is 7. The van der Waals surface area contributed by atoms with Crippen LogP contribution in [-0.4, -0.2) is 58.0 Å². The van der Waals surface area contributed by atoms with Crippen molar-refractivity contribution < 1.29 is 26.7 Å². The Kier molecular flexibility index (Phi) is 8.04. The van der Waals surface area contributed by atoms with Crippen LogP contribution in [-0.2, 0) is 4.74 Å². The molecule has 208 valence electrons. The fourth-order valence-electron chi connectivity index (χ4n) is 4.01. The molecule has 0 N–H and O–H groups in total. The maximum atomic E-state index is 15.1. The lowest BCUT2D eigenvalue weighted by molar-refractivity contribution is -0.130. The van der Waals surface area contributed by atoms with Crippen LogP contribution in [0.15, 0.2) is 55.4 Å². The molecule has 0 saturated heterocycles. The highest BCUT2D eigenvalue weighted by molar-refractivity contribution is 6.33. The van der Waals surface area contributed by atoms with E-state index in [0.29, 0.717) is 27.2 Å². The zero-order valence-corrected chi connectivity index (χ0v) is 21.4. The Morgan fingerprint density at radius 3 is 2.40 bits per heavy atom. The number of rotatable bonds is 10. The third kappa shape index (κ3) is 5.66. The molecule has 0 radical (unpaired) electrons. The minimum atomic E-state index is -2.99. The minimum absolute atomic E-state index is 0.0123. The van der Waals surface area contributed by atoms with Crippen molar-refractivity contribution in [3.05, 3.63) is 76.9 Å². The predicted molar refractivity (Wildman–Crippen MR) is 132 cm³/mol. The van der Waals surface area contributed by atoms with Crippen LogP contribution >= 0.6 is 23.2 Å². The fourth-order valence-corrected chi connectivity index (χ4v) is 4.41. The van der Waals surface area contributed by atoms with E-state index in [1.54, 1.807) is 18.2 Å². The van der Waals surface area contributed by atoms with Gasteiger partial charge in [-0.3, -0.25) is 9.67 Å². The van der Waals surface area contributed by atoms with Crippen molar-refractivity contribution in [2.45, 2.75) is 25.6 Å². The van der Waals surface area contributed by atoms with E-state index < -0.39 is 25.0 Å². The molecule has 17 heteroatoms. The lowest BCUT2D eigenvalue weighted by Crippen LogP contribution is -2.16. The van der Waals surface area contributed by atoms with E-state index in [1.165, 1.54) is 40.3 Å². The van der Waals surface area contributed by atoms with Crippen LogP contribution in [0, 0.1) is 5.82 Å². The van der Waals surface area contributed by atoms with E-state index in [2.05, 4.69) is 35.4 Å². The summed E-state index contributed by atoms with van der Waals surface area (Å²) in [4.78, 5) is 4.43. The zero-order chi connectivity index (χ0) is 28.4. The third-order valence-electron chi connectivity index (χ3n) is 5.80. The average molecular weight is 600 g/mol. The zero-order valence-electron chi connectivity index (χ0n) is 19.9. The number of hydrogen-bond acceptors (Lipinski definition) is 7. The Balaban J connectivity index is 1.50. The molecule has 1 atom stereocenters. The largest absolute Gasteiger partial charge is 0.345 e. The van der Waals surface area contributed by atoms with Gasteiger partial charge in [0.2, 0.25) is 0 Å². The molecule has 0 bridgehead atoms. The number of hydrogen-bond donors (Lipinski definition) is 0. The molecule has 0 spiro atoms. The number of aromatic nitrogens is 9. The van der Waals surface area contributed by atoms with Gasteiger partial charge in [-0.1, -0.05) is 29.3 Å². The highest BCUT2D eigenvalue weighted by Gasteiger charge is 2.22. The van der Waals surface area contributed by atoms with Crippen molar-refractivity contribution in [3.8, 4) is 28.1 Å². The second-order valence-corrected chi connectivity index (χ2v) is 9.02. The van der Waals surface area contributed by atoms with Gasteiger partial charge in [0.15, 0.2) is 5.82 Å². The summed E-state index contributed by atoms with van der Waals surface area (Å²) in [6.45, 7) is -6.24. The van der Waals surface area contributed by atoms with Crippen LogP contribution in [0.1, 0.15) is 24.7 Å². The first kappa shape index (κ1) is 27.6. The van der Waals surface area contributed by atoms with E-state index in [0.717, 1.165) is 6.20 Å². The molecule has 1 unspecified atom stereocenters. The second-order valence-electron chi connectivity index (χ2n) is 8.21. The van der Waals surface area contributed by atoms with E-state index >= 15 is 4.39 Å². The highest BCUT2D eigenvalue weighted by Crippen LogP contribution is 2.34. The molecule has 0 saturated carbocycles. The van der Waals surface area contributed by atoms with Gasteiger partial charge in [-0.25, -0.2) is 9.07 Å².